The van der Waals surface area contributed by atoms with E-state index in [0.717, 1.165) is 61.7 Å². The normalized spacial score (nSPS) is 23.4. The smallest absolute Gasteiger partial charge is 0.337 e. The van der Waals surface area contributed by atoms with Gasteiger partial charge in [0.05, 0.1) is 36.3 Å². The number of methoxy groups -OCH3 is 1. The molecule has 1 saturated carbocycles. The van der Waals surface area contributed by atoms with E-state index in [4.69, 9.17) is 21.1 Å². The van der Waals surface area contributed by atoms with Crippen molar-refractivity contribution in [3.05, 3.63) is 88.7 Å². The van der Waals surface area contributed by atoms with Gasteiger partial charge in [-0.3, -0.25) is 0 Å². The van der Waals surface area contributed by atoms with E-state index in [1.807, 2.05) is 31.2 Å². The lowest BCUT2D eigenvalue weighted by Gasteiger charge is -2.44. The van der Waals surface area contributed by atoms with Crippen LogP contribution in [0.15, 0.2) is 72.2 Å². The Labute approximate surface area is 288 Å². The number of aliphatic hydroxyl groups is 1. The van der Waals surface area contributed by atoms with Gasteiger partial charge in [0.2, 0.25) is 15.0 Å². The Morgan fingerprint density at radius 1 is 1.19 bits per heavy atom. The Balaban J connectivity index is 1.18. The molecule has 1 aromatic heterocycles. The molecule has 0 amide bonds. The third-order valence-electron chi connectivity index (χ3n) is 10.4. The standard InChI is InChI=1S/C37H44ClN3O6S/c1-3-31(48(44,45)36-39-18-5-19-40-36)14-13-30(42)12-9-25-7-8-28(25)22-41-23-37(17-4-6-26-20-29(38)11-15-32(26)37)24-47-34-16-10-27(21-33(34)41)35(43)46-2/h5,9-12,15-16,18-21,25,28,30-31,42H,3-4,6-8,13-14,17,22-24H2,1-2H3/b12-9+/t25-,28-,30+,31+,37-/m0/s1. The number of allylic oxidation sites excluding steroid dienone is 1. The highest BCUT2D eigenvalue weighted by Gasteiger charge is 2.43. The number of ether oxygens (including phenoxy) is 2. The second kappa shape index (κ2) is 14.6. The minimum atomic E-state index is -3.68. The first-order chi connectivity index (χ1) is 23.1. The average Bonchev–Trinajstić information content (AvgIpc) is 3.23. The molecule has 0 saturated heterocycles. The number of carbonyl (C=O) groups excluding carboxylic acids is 1. The minimum absolute atomic E-state index is 0.166. The van der Waals surface area contributed by atoms with E-state index in [2.05, 4.69) is 33.1 Å². The van der Waals surface area contributed by atoms with Crippen LogP contribution in [0.2, 0.25) is 5.02 Å². The van der Waals surface area contributed by atoms with Crippen molar-refractivity contribution in [1.29, 1.82) is 0 Å². The number of hydrogen-bond donors (Lipinski definition) is 1. The van der Waals surface area contributed by atoms with Crippen molar-refractivity contribution >= 4 is 33.1 Å². The molecule has 5 atom stereocenters. The largest absolute Gasteiger partial charge is 0.490 e. The fourth-order valence-corrected chi connectivity index (χ4v) is 9.39. The fraction of sp³-hybridized carbons (Fsp3) is 0.486. The summed E-state index contributed by atoms with van der Waals surface area (Å²) in [5.41, 5.74) is 3.69. The maximum Gasteiger partial charge on any atom is 0.337 e. The Kier molecular flexibility index (Phi) is 10.4. The van der Waals surface area contributed by atoms with Gasteiger partial charge in [0.1, 0.15) is 5.75 Å². The highest BCUT2D eigenvalue weighted by atomic mass is 35.5. The molecular weight excluding hydrogens is 650 g/mol. The zero-order chi connectivity index (χ0) is 33.9. The van der Waals surface area contributed by atoms with Crippen molar-refractivity contribution in [3.63, 3.8) is 0 Å². The molecule has 1 N–H and O–H groups in total. The molecule has 1 aliphatic heterocycles. The molecule has 1 fully saturated rings. The van der Waals surface area contributed by atoms with Gasteiger partial charge in [0.25, 0.3) is 0 Å². The second-order valence-electron chi connectivity index (χ2n) is 13.4. The Morgan fingerprint density at radius 2 is 2.00 bits per heavy atom. The summed E-state index contributed by atoms with van der Waals surface area (Å²) in [5.74, 6) is 0.976. The summed E-state index contributed by atoms with van der Waals surface area (Å²) in [7, 11) is -2.29. The molecule has 3 aromatic rings. The number of benzene rings is 2. The van der Waals surface area contributed by atoms with Gasteiger partial charge in [0, 0.05) is 35.9 Å². The SMILES string of the molecule is CC[C@H](CC[C@H](O)/C=C/[C@@H]1CC[C@H]1CN1C[C@@]2(CCCc3cc(Cl)ccc32)COc2ccc(C(=O)OC)cc21)S(=O)(=O)c1ncccn1. The number of hydrogen-bond acceptors (Lipinski definition) is 9. The molecule has 3 aliphatic rings. The third kappa shape index (κ3) is 7.12. The van der Waals surface area contributed by atoms with Gasteiger partial charge in [-0.25, -0.2) is 23.2 Å². The first-order valence-corrected chi connectivity index (χ1v) is 18.8. The highest BCUT2D eigenvalue weighted by molar-refractivity contribution is 7.91. The molecule has 9 nitrogen and oxygen atoms in total. The van der Waals surface area contributed by atoms with Gasteiger partial charge < -0.3 is 19.5 Å². The molecule has 0 bridgehead atoms. The van der Waals surface area contributed by atoms with Crippen LogP contribution in [0.3, 0.4) is 0 Å². The number of rotatable bonds is 11. The van der Waals surface area contributed by atoms with Crippen molar-refractivity contribution in [1.82, 2.24) is 9.97 Å². The van der Waals surface area contributed by atoms with Crippen LogP contribution in [0.5, 0.6) is 5.75 Å². The lowest BCUT2D eigenvalue weighted by molar-refractivity contribution is 0.0600. The topological polar surface area (TPSA) is 119 Å². The Bertz CT molecular complexity index is 1750. The molecule has 48 heavy (non-hydrogen) atoms. The van der Waals surface area contributed by atoms with Crippen LogP contribution in [-0.2, 0) is 26.4 Å². The summed E-state index contributed by atoms with van der Waals surface area (Å²) in [5, 5.41) is 10.8. The third-order valence-corrected chi connectivity index (χ3v) is 12.8. The van der Waals surface area contributed by atoms with Crippen LogP contribution in [0.1, 0.15) is 73.4 Å². The van der Waals surface area contributed by atoms with Crippen LogP contribution >= 0.6 is 11.6 Å². The molecular formula is C37H44ClN3O6S. The minimum Gasteiger partial charge on any atom is -0.490 e. The van der Waals surface area contributed by atoms with E-state index >= 15 is 0 Å². The van der Waals surface area contributed by atoms with E-state index in [1.54, 1.807) is 12.1 Å². The van der Waals surface area contributed by atoms with Gasteiger partial charge >= 0.3 is 5.97 Å². The van der Waals surface area contributed by atoms with Crippen molar-refractivity contribution in [2.45, 2.75) is 80.2 Å². The zero-order valence-corrected chi connectivity index (χ0v) is 29.1. The van der Waals surface area contributed by atoms with E-state index < -0.39 is 21.2 Å². The van der Waals surface area contributed by atoms with Crippen molar-refractivity contribution in [2.75, 3.05) is 31.7 Å². The summed E-state index contributed by atoms with van der Waals surface area (Å²) in [6.45, 7) is 3.88. The van der Waals surface area contributed by atoms with E-state index in [-0.39, 0.29) is 22.5 Å². The molecule has 256 valence electrons. The average molecular weight is 694 g/mol. The van der Waals surface area contributed by atoms with Gasteiger partial charge in [-0.05, 0) is 111 Å². The quantitative estimate of drug-likeness (QED) is 0.139. The van der Waals surface area contributed by atoms with Crippen LogP contribution in [0, 0.1) is 11.8 Å². The maximum absolute atomic E-state index is 13.0. The number of nitrogens with zero attached hydrogens (tertiary/aromatic N) is 3. The monoisotopic (exact) mass is 693 g/mol. The Morgan fingerprint density at radius 3 is 2.73 bits per heavy atom. The van der Waals surface area contributed by atoms with Crippen molar-refractivity contribution in [2.24, 2.45) is 11.8 Å². The van der Waals surface area contributed by atoms with Crippen LogP contribution in [0.25, 0.3) is 0 Å². The molecule has 6 rings (SSSR count). The zero-order valence-electron chi connectivity index (χ0n) is 27.6. The number of aromatic nitrogens is 2. The maximum atomic E-state index is 13.0. The predicted molar refractivity (Wildman–Crippen MR) is 185 cm³/mol. The number of halogens is 1. The van der Waals surface area contributed by atoms with Gasteiger partial charge in [-0.2, -0.15) is 0 Å². The summed E-state index contributed by atoms with van der Waals surface area (Å²) < 4.78 is 37.7. The number of esters is 1. The highest BCUT2D eigenvalue weighted by Crippen LogP contribution is 2.46. The number of aliphatic hydroxyl groups excluding tert-OH is 1. The van der Waals surface area contributed by atoms with Crippen LogP contribution in [0.4, 0.5) is 5.69 Å². The number of anilines is 1. The molecule has 1 spiro atoms. The first kappa shape index (κ1) is 34.4. The van der Waals surface area contributed by atoms with Crippen LogP contribution in [-0.4, -0.2) is 67.6 Å². The van der Waals surface area contributed by atoms with Crippen molar-refractivity contribution in [3.8, 4) is 5.75 Å². The summed E-state index contributed by atoms with van der Waals surface area (Å²) >= 11 is 6.41. The number of sulfone groups is 1. The number of carbonyl (C=O) groups is 1. The Hall–Kier alpha value is -3.47. The lowest BCUT2D eigenvalue weighted by atomic mass is 9.69. The summed E-state index contributed by atoms with van der Waals surface area (Å²) in [4.78, 5) is 22.8. The molecule has 2 aromatic carbocycles. The number of fused-ring (bicyclic) bond motifs is 3. The number of aryl methyl sites for hydroxylation is 1. The predicted octanol–water partition coefficient (Wildman–Crippen LogP) is 6.37. The van der Waals surface area contributed by atoms with Gasteiger partial charge in [0.15, 0.2) is 0 Å². The molecule has 2 heterocycles. The lowest BCUT2D eigenvalue weighted by Crippen LogP contribution is -2.48. The fourth-order valence-electron chi connectivity index (χ4n) is 7.60. The molecule has 2 aliphatic carbocycles. The molecule has 11 heteroatoms. The molecule has 0 radical (unpaired) electrons. The summed E-state index contributed by atoms with van der Waals surface area (Å²) in [6, 6.07) is 13.3. The van der Waals surface area contributed by atoms with Crippen LogP contribution < -0.4 is 9.64 Å². The van der Waals surface area contributed by atoms with Crippen molar-refractivity contribution < 1.29 is 27.8 Å². The van der Waals surface area contributed by atoms with E-state index in [1.165, 1.54) is 30.6 Å². The van der Waals surface area contributed by atoms with E-state index in [9.17, 15) is 18.3 Å². The van der Waals surface area contributed by atoms with Gasteiger partial charge in [-0.15, -0.1) is 0 Å². The summed E-state index contributed by atoms with van der Waals surface area (Å²) in [6.07, 6.45) is 12.2. The first-order valence-electron chi connectivity index (χ1n) is 16.9. The van der Waals surface area contributed by atoms with Gasteiger partial charge in [-0.1, -0.05) is 36.7 Å². The second-order valence-corrected chi connectivity index (χ2v) is 16.0. The molecule has 0 unspecified atom stereocenters. The van der Waals surface area contributed by atoms with E-state index in [0.29, 0.717) is 37.4 Å².